The summed E-state index contributed by atoms with van der Waals surface area (Å²) in [6.45, 7) is 0.171. The molecule has 0 aliphatic rings. The number of benzene rings is 2. The van der Waals surface area contributed by atoms with Gasteiger partial charge in [-0.25, -0.2) is 4.79 Å². The zero-order valence-corrected chi connectivity index (χ0v) is 14.5. The number of nitrogens with one attached hydrogen (secondary N) is 3. The molecule has 0 saturated heterocycles. The Balaban J connectivity index is 1.93. The Labute approximate surface area is 154 Å². The second kappa shape index (κ2) is 9.05. The van der Waals surface area contributed by atoms with Gasteiger partial charge in [-0.2, -0.15) is 0 Å². The molecule has 2 aromatic rings. The maximum atomic E-state index is 12.0. The Morgan fingerprint density at radius 1 is 1.00 bits per heavy atom. The SMILES string of the molecule is O=CCNC(=O)c1cccc(NC(=O)NCc2cc(Cl)cc(Cl)c2)c1. The van der Waals surface area contributed by atoms with Crippen molar-refractivity contribution in [3.05, 3.63) is 63.6 Å². The monoisotopic (exact) mass is 379 g/mol. The number of hydrogen-bond donors (Lipinski definition) is 3. The van der Waals surface area contributed by atoms with Crippen LogP contribution >= 0.6 is 23.2 Å². The summed E-state index contributed by atoms with van der Waals surface area (Å²) in [5.74, 6) is -0.398. The number of aldehydes is 1. The third-order valence-electron chi connectivity index (χ3n) is 3.10. The van der Waals surface area contributed by atoms with Gasteiger partial charge in [-0.15, -0.1) is 0 Å². The predicted molar refractivity (Wildman–Crippen MR) is 97.2 cm³/mol. The zero-order valence-electron chi connectivity index (χ0n) is 13.0. The molecule has 3 amide bonds. The number of rotatable bonds is 6. The van der Waals surface area contributed by atoms with Crippen LogP contribution in [0.5, 0.6) is 0 Å². The molecule has 130 valence electrons. The van der Waals surface area contributed by atoms with Gasteiger partial charge in [-0.3, -0.25) is 4.79 Å². The van der Waals surface area contributed by atoms with Crippen LogP contribution in [0.4, 0.5) is 10.5 Å². The van der Waals surface area contributed by atoms with Gasteiger partial charge in [0, 0.05) is 27.8 Å². The van der Waals surface area contributed by atoms with E-state index in [9.17, 15) is 14.4 Å². The molecule has 0 saturated carbocycles. The van der Waals surface area contributed by atoms with Gasteiger partial charge in [0.2, 0.25) is 0 Å². The Kier molecular flexibility index (Phi) is 6.80. The molecule has 0 radical (unpaired) electrons. The highest BCUT2D eigenvalue weighted by molar-refractivity contribution is 6.34. The number of amides is 3. The minimum Gasteiger partial charge on any atom is -0.345 e. The van der Waals surface area contributed by atoms with Crippen molar-refractivity contribution in [2.45, 2.75) is 6.54 Å². The minimum absolute atomic E-state index is 0.0703. The normalized spacial score (nSPS) is 10.0. The first kappa shape index (κ1) is 18.8. The van der Waals surface area contributed by atoms with Crippen molar-refractivity contribution in [2.24, 2.45) is 0 Å². The van der Waals surface area contributed by atoms with Gasteiger partial charge >= 0.3 is 6.03 Å². The molecule has 0 bridgehead atoms. The summed E-state index contributed by atoms with van der Waals surface area (Å²) in [4.78, 5) is 34.1. The van der Waals surface area contributed by atoms with E-state index >= 15 is 0 Å². The summed E-state index contributed by atoms with van der Waals surface area (Å²) >= 11 is 11.8. The highest BCUT2D eigenvalue weighted by atomic mass is 35.5. The van der Waals surface area contributed by atoms with Crippen LogP contribution in [0.25, 0.3) is 0 Å². The molecule has 0 fully saturated rings. The number of carbonyl (C=O) groups excluding carboxylic acids is 3. The van der Waals surface area contributed by atoms with Crippen LogP contribution in [0.1, 0.15) is 15.9 Å². The summed E-state index contributed by atoms with van der Waals surface area (Å²) in [6.07, 6.45) is 0.593. The first-order valence-corrected chi connectivity index (χ1v) is 8.05. The summed E-state index contributed by atoms with van der Waals surface area (Å²) in [5.41, 5.74) is 1.54. The molecule has 0 spiro atoms. The van der Waals surface area contributed by atoms with Gasteiger partial charge in [0.1, 0.15) is 6.29 Å². The molecule has 0 aliphatic carbocycles. The molecule has 6 nitrogen and oxygen atoms in total. The van der Waals surface area contributed by atoms with Crippen molar-refractivity contribution in [2.75, 3.05) is 11.9 Å². The lowest BCUT2D eigenvalue weighted by atomic mass is 10.2. The van der Waals surface area contributed by atoms with Gasteiger partial charge in [-0.1, -0.05) is 29.3 Å². The van der Waals surface area contributed by atoms with Gasteiger partial charge < -0.3 is 20.7 Å². The fourth-order valence-electron chi connectivity index (χ4n) is 2.05. The highest BCUT2D eigenvalue weighted by Crippen LogP contribution is 2.19. The molecular weight excluding hydrogens is 365 g/mol. The highest BCUT2D eigenvalue weighted by Gasteiger charge is 2.07. The van der Waals surface area contributed by atoms with Crippen LogP contribution in [0.15, 0.2) is 42.5 Å². The van der Waals surface area contributed by atoms with Crippen LogP contribution in [0.2, 0.25) is 10.0 Å². The van der Waals surface area contributed by atoms with Crippen molar-refractivity contribution >= 4 is 47.1 Å². The van der Waals surface area contributed by atoms with E-state index in [4.69, 9.17) is 23.2 Å². The lowest BCUT2D eigenvalue weighted by molar-refractivity contribution is -0.107. The van der Waals surface area contributed by atoms with E-state index in [1.54, 1.807) is 36.4 Å². The standard InChI is InChI=1S/C17H15Cl2N3O3/c18-13-6-11(7-14(19)9-13)10-21-17(25)22-15-3-1-2-12(8-15)16(24)20-4-5-23/h1-3,5-9H,4,10H2,(H,20,24)(H2,21,22,25). The van der Waals surface area contributed by atoms with Crippen molar-refractivity contribution in [1.82, 2.24) is 10.6 Å². The Hall–Kier alpha value is -2.57. The molecule has 25 heavy (non-hydrogen) atoms. The topological polar surface area (TPSA) is 87.3 Å². The molecule has 0 aromatic heterocycles. The third kappa shape index (κ3) is 6.10. The van der Waals surface area contributed by atoms with Crippen molar-refractivity contribution in [3.8, 4) is 0 Å². The van der Waals surface area contributed by atoms with E-state index in [-0.39, 0.29) is 13.1 Å². The molecule has 0 heterocycles. The molecule has 8 heteroatoms. The number of carbonyl (C=O) groups is 3. The third-order valence-corrected chi connectivity index (χ3v) is 3.54. The van der Waals surface area contributed by atoms with Gasteiger partial charge in [0.25, 0.3) is 5.91 Å². The lowest BCUT2D eigenvalue weighted by Crippen LogP contribution is -2.28. The number of hydrogen-bond acceptors (Lipinski definition) is 3. The van der Waals surface area contributed by atoms with E-state index in [2.05, 4.69) is 16.0 Å². The van der Waals surface area contributed by atoms with Crippen LogP contribution in [-0.2, 0) is 11.3 Å². The van der Waals surface area contributed by atoms with E-state index in [0.717, 1.165) is 5.56 Å². The Morgan fingerprint density at radius 2 is 1.72 bits per heavy atom. The fraction of sp³-hybridized carbons (Fsp3) is 0.118. The van der Waals surface area contributed by atoms with Crippen LogP contribution in [-0.4, -0.2) is 24.8 Å². The molecule has 0 atom stereocenters. The first-order valence-electron chi connectivity index (χ1n) is 7.29. The summed E-state index contributed by atoms with van der Waals surface area (Å²) in [6, 6.07) is 10.9. The average Bonchev–Trinajstić information content (AvgIpc) is 2.57. The van der Waals surface area contributed by atoms with E-state index < -0.39 is 11.9 Å². The average molecular weight is 380 g/mol. The van der Waals surface area contributed by atoms with E-state index in [0.29, 0.717) is 27.6 Å². The second-order valence-electron chi connectivity index (χ2n) is 5.04. The van der Waals surface area contributed by atoms with Gasteiger partial charge in [-0.05, 0) is 42.0 Å². The quantitative estimate of drug-likeness (QED) is 0.673. The Bertz CT molecular complexity index is 776. The number of anilines is 1. The molecule has 0 aliphatic heterocycles. The van der Waals surface area contributed by atoms with E-state index in [1.807, 2.05) is 0 Å². The molecule has 2 rings (SSSR count). The maximum absolute atomic E-state index is 12.0. The summed E-state index contributed by atoms with van der Waals surface area (Å²) in [5, 5.41) is 8.69. The van der Waals surface area contributed by atoms with Gasteiger partial charge in [0.15, 0.2) is 0 Å². The smallest absolute Gasteiger partial charge is 0.319 e. The van der Waals surface area contributed by atoms with Gasteiger partial charge in [0.05, 0.1) is 6.54 Å². The van der Waals surface area contributed by atoms with Crippen molar-refractivity contribution < 1.29 is 14.4 Å². The largest absolute Gasteiger partial charge is 0.345 e. The molecule has 2 aromatic carbocycles. The van der Waals surface area contributed by atoms with Crippen LogP contribution in [0.3, 0.4) is 0 Å². The van der Waals surface area contributed by atoms with Crippen molar-refractivity contribution in [1.29, 1.82) is 0 Å². The fourth-order valence-corrected chi connectivity index (χ4v) is 2.62. The number of urea groups is 1. The lowest BCUT2D eigenvalue weighted by Gasteiger charge is -2.09. The molecule has 3 N–H and O–H groups in total. The number of halogens is 2. The van der Waals surface area contributed by atoms with Crippen molar-refractivity contribution in [3.63, 3.8) is 0 Å². The minimum atomic E-state index is -0.443. The van der Waals surface area contributed by atoms with Crippen LogP contribution in [0, 0.1) is 0 Å². The summed E-state index contributed by atoms with van der Waals surface area (Å²) < 4.78 is 0. The predicted octanol–water partition coefficient (Wildman–Crippen LogP) is 3.24. The van der Waals surface area contributed by atoms with Crippen LogP contribution < -0.4 is 16.0 Å². The zero-order chi connectivity index (χ0) is 18.2. The summed E-state index contributed by atoms with van der Waals surface area (Å²) in [7, 11) is 0. The first-order chi connectivity index (χ1) is 12.0. The second-order valence-corrected chi connectivity index (χ2v) is 5.92. The maximum Gasteiger partial charge on any atom is 0.319 e. The Morgan fingerprint density at radius 3 is 2.40 bits per heavy atom. The van der Waals surface area contributed by atoms with E-state index in [1.165, 1.54) is 6.07 Å². The molecular formula is C17H15Cl2N3O3. The molecule has 0 unspecified atom stereocenters.